The zero-order valence-electron chi connectivity index (χ0n) is 6.53. The maximum absolute atomic E-state index is 10.9. The second-order valence-corrected chi connectivity index (χ2v) is 2.12. The number of carbonyl (C=O) groups is 1. The molecule has 0 fully saturated rings. The molecule has 1 rings (SSSR count). The molecule has 0 aliphatic carbocycles. The molecular formula is C7H8N2O3. The Morgan fingerprint density at radius 3 is 3.08 bits per heavy atom. The Hall–Kier alpha value is -1.65. The first-order chi connectivity index (χ1) is 5.74. The van der Waals surface area contributed by atoms with Crippen molar-refractivity contribution in [2.45, 2.75) is 6.42 Å². The lowest BCUT2D eigenvalue weighted by molar-refractivity contribution is -0.139. The highest BCUT2D eigenvalue weighted by Gasteiger charge is 2.06. The van der Waals surface area contributed by atoms with Crippen molar-refractivity contribution < 1.29 is 9.53 Å². The van der Waals surface area contributed by atoms with E-state index < -0.39 is 5.97 Å². The maximum Gasteiger partial charge on any atom is 0.311 e. The molecule has 0 saturated heterocycles. The van der Waals surface area contributed by atoms with Crippen molar-refractivity contribution in [2.24, 2.45) is 0 Å². The summed E-state index contributed by atoms with van der Waals surface area (Å²) in [6.45, 7) is 0. The average Bonchev–Trinajstić information content (AvgIpc) is 2.09. The molecule has 1 aromatic heterocycles. The molecule has 0 saturated carbocycles. The quantitative estimate of drug-likeness (QED) is 0.603. The van der Waals surface area contributed by atoms with E-state index in [4.69, 9.17) is 0 Å². The molecule has 0 amide bonds. The number of aromatic nitrogens is 2. The van der Waals surface area contributed by atoms with Crippen molar-refractivity contribution >= 4 is 5.97 Å². The Labute approximate surface area is 68.4 Å². The number of esters is 1. The summed E-state index contributed by atoms with van der Waals surface area (Å²) in [7, 11) is 1.26. The molecule has 0 unspecified atom stereocenters. The number of nitrogens with zero attached hydrogens (tertiary/aromatic N) is 1. The predicted octanol–water partition coefficient (Wildman–Crippen LogP) is -0.515. The highest BCUT2D eigenvalue weighted by Crippen LogP contribution is 1.87. The fourth-order valence-electron chi connectivity index (χ4n) is 0.717. The van der Waals surface area contributed by atoms with E-state index in [1.165, 1.54) is 19.5 Å². The minimum atomic E-state index is -0.473. The molecule has 1 heterocycles. The van der Waals surface area contributed by atoms with Gasteiger partial charge in [-0.05, 0) is 0 Å². The van der Waals surface area contributed by atoms with Gasteiger partial charge >= 0.3 is 5.97 Å². The third kappa shape index (κ3) is 1.91. The molecule has 1 aromatic rings. The summed E-state index contributed by atoms with van der Waals surface area (Å²) in [6.07, 6.45) is 2.73. The van der Waals surface area contributed by atoms with Gasteiger partial charge in [0, 0.05) is 12.4 Å². The Kier molecular flexibility index (Phi) is 2.57. The summed E-state index contributed by atoms with van der Waals surface area (Å²) < 4.78 is 4.38. The summed E-state index contributed by atoms with van der Waals surface area (Å²) in [5.74, 6) is -0.473. The van der Waals surface area contributed by atoms with Gasteiger partial charge in [-0.3, -0.25) is 14.6 Å². The number of nitrogens with one attached hydrogen (secondary N) is 1. The SMILES string of the molecule is COC(=O)Cc1ncc[nH]c1=O. The number of carbonyl (C=O) groups excluding carboxylic acids is 1. The van der Waals surface area contributed by atoms with Crippen LogP contribution in [0.25, 0.3) is 0 Å². The fraction of sp³-hybridized carbons (Fsp3) is 0.286. The van der Waals surface area contributed by atoms with Crippen LogP contribution >= 0.6 is 0 Å². The van der Waals surface area contributed by atoms with Gasteiger partial charge in [-0.2, -0.15) is 0 Å². The standard InChI is InChI=1S/C7H8N2O3/c1-12-6(10)4-5-7(11)9-3-2-8-5/h2-3H,4H2,1H3,(H,9,11). The third-order valence-corrected chi connectivity index (χ3v) is 1.32. The Bertz CT molecular complexity index is 331. The minimum Gasteiger partial charge on any atom is -0.469 e. The molecule has 5 nitrogen and oxygen atoms in total. The van der Waals surface area contributed by atoms with Crippen molar-refractivity contribution in [2.75, 3.05) is 7.11 Å². The van der Waals surface area contributed by atoms with E-state index in [2.05, 4.69) is 14.7 Å². The van der Waals surface area contributed by atoms with Gasteiger partial charge in [0.1, 0.15) is 5.69 Å². The van der Waals surface area contributed by atoms with Gasteiger partial charge < -0.3 is 9.72 Å². The topological polar surface area (TPSA) is 72.0 Å². The van der Waals surface area contributed by atoms with Crippen LogP contribution in [-0.2, 0) is 16.0 Å². The number of hydrogen-bond acceptors (Lipinski definition) is 4. The van der Waals surface area contributed by atoms with Gasteiger partial charge in [-0.25, -0.2) is 0 Å². The molecule has 0 spiro atoms. The monoisotopic (exact) mass is 168 g/mol. The summed E-state index contributed by atoms with van der Waals surface area (Å²) in [5, 5.41) is 0. The largest absolute Gasteiger partial charge is 0.469 e. The smallest absolute Gasteiger partial charge is 0.311 e. The van der Waals surface area contributed by atoms with Crippen LogP contribution in [0.3, 0.4) is 0 Å². The molecule has 0 radical (unpaired) electrons. The first kappa shape index (κ1) is 8.45. The molecule has 0 aromatic carbocycles. The van der Waals surface area contributed by atoms with E-state index in [1.807, 2.05) is 0 Å². The van der Waals surface area contributed by atoms with Gasteiger partial charge in [0.25, 0.3) is 5.56 Å². The normalized spacial score (nSPS) is 9.42. The lowest BCUT2D eigenvalue weighted by Gasteiger charge is -1.96. The molecule has 1 N–H and O–H groups in total. The fourth-order valence-corrected chi connectivity index (χ4v) is 0.717. The third-order valence-electron chi connectivity index (χ3n) is 1.32. The van der Waals surface area contributed by atoms with Gasteiger partial charge in [0.15, 0.2) is 0 Å². The Morgan fingerprint density at radius 1 is 1.75 bits per heavy atom. The lowest BCUT2D eigenvalue weighted by Crippen LogP contribution is -2.18. The van der Waals surface area contributed by atoms with Crippen LogP contribution in [-0.4, -0.2) is 23.0 Å². The molecule has 64 valence electrons. The van der Waals surface area contributed by atoms with Crippen molar-refractivity contribution in [3.63, 3.8) is 0 Å². The van der Waals surface area contributed by atoms with Crippen LogP contribution in [0, 0.1) is 0 Å². The van der Waals surface area contributed by atoms with Gasteiger partial charge in [-0.1, -0.05) is 0 Å². The zero-order chi connectivity index (χ0) is 8.97. The van der Waals surface area contributed by atoms with Gasteiger partial charge in [-0.15, -0.1) is 0 Å². The number of hydrogen-bond donors (Lipinski definition) is 1. The molecule has 0 atom stereocenters. The summed E-state index contributed by atoms with van der Waals surface area (Å²) >= 11 is 0. The predicted molar refractivity (Wildman–Crippen MR) is 40.6 cm³/mol. The van der Waals surface area contributed by atoms with Crippen molar-refractivity contribution in [3.8, 4) is 0 Å². The zero-order valence-corrected chi connectivity index (χ0v) is 6.53. The average molecular weight is 168 g/mol. The highest BCUT2D eigenvalue weighted by atomic mass is 16.5. The van der Waals surface area contributed by atoms with Crippen LogP contribution in [0.4, 0.5) is 0 Å². The van der Waals surface area contributed by atoms with Crippen LogP contribution in [0.15, 0.2) is 17.2 Å². The van der Waals surface area contributed by atoms with E-state index in [-0.39, 0.29) is 17.7 Å². The van der Waals surface area contributed by atoms with E-state index in [0.717, 1.165) is 0 Å². The van der Waals surface area contributed by atoms with Crippen LogP contribution in [0.1, 0.15) is 5.69 Å². The molecular weight excluding hydrogens is 160 g/mol. The number of ether oxygens (including phenoxy) is 1. The van der Waals surface area contributed by atoms with Gasteiger partial charge in [0.2, 0.25) is 0 Å². The van der Waals surface area contributed by atoms with Crippen molar-refractivity contribution in [3.05, 3.63) is 28.4 Å². The van der Waals surface area contributed by atoms with Crippen molar-refractivity contribution in [1.29, 1.82) is 0 Å². The highest BCUT2D eigenvalue weighted by molar-refractivity contribution is 5.71. The Balaban J connectivity index is 2.83. The first-order valence-corrected chi connectivity index (χ1v) is 3.33. The first-order valence-electron chi connectivity index (χ1n) is 3.33. The molecule has 5 heteroatoms. The maximum atomic E-state index is 10.9. The molecule has 0 aliphatic heterocycles. The van der Waals surface area contributed by atoms with E-state index in [1.54, 1.807) is 0 Å². The van der Waals surface area contributed by atoms with Crippen LogP contribution < -0.4 is 5.56 Å². The molecule has 12 heavy (non-hydrogen) atoms. The second kappa shape index (κ2) is 3.66. The number of rotatable bonds is 2. The summed E-state index contributed by atoms with van der Waals surface area (Å²) in [4.78, 5) is 27.8. The van der Waals surface area contributed by atoms with Gasteiger partial charge in [0.05, 0.1) is 13.5 Å². The molecule has 0 bridgehead atoms. The Morgan fingerprint density at radius 2 is 2.50 bits per heavy atom. The minimum absolute atomic E-state index is 0.0906. The van der Waals surface area contributed by atoms with E-state index in [9.17, 15) is 9.59 Å². The number of aromatic amines is 1. The van der Waals surface area contributed by atoms with Crippen LogP contribution in [0.5, 0.6) is 0 Å². The lowest BCUT2D eigenvalue weighted by atomic mass is 10.3. The van der Waals surface area contributed by atoms with E-state index in [0.29, 0.717) is 0 Å². The van der Waals surface area contributed by atoms with E-state index >= 15 is 0 Å². The summed E-state index contributed by atoms with van der Waals surface area (Å²) in [5.41, 5.74) is -0.188. The molecule has 0 aliphatic rings. The summed E-state index contributed by atoms with van der Waals surface area (Å²) in [6, 6.07) is 0. The van der Waals surface area contributed by atoms with Crippen molar-refractivity contribution in [1.82, 2.24) is 9.97 Å². The van der Waals surface area contributed by atoms with Crippen LogP contribution in [0.2, 0.25) is 0 Å². The number of H-pyrrole nitrogens is 1. The number of methoxy groups -OCH3 is 1. The second-order valence-electron chi connectivity index (χ2n) is 2.12.